The van der Waals surface area contributed by atoms with E-state index in [0.717, 1.165) is 0 Å². The van der Waals surface area contributed by atoms with Gasteiger partial charge in [-0.25, -0.2) is 19.1 Å². The first-order valence-electron chi connectivity index (χ1n) is 6.01. The Morgan fingerprint density at radius 2 is 2.15 bits per heavy atom. The van der Waals surface area contributed by atoms with Crippen molar-refractivity contribution in [2.24, 2.45) is 5.92 Å². The van der Waals surface area contributed by atoms with E-state index in [2.05, 4.69) is 15.5 Å². The van der Waals surface area contributed by atoms with Gasteiger partial charge >= 0.3 is 11.7 Å². The van der Waals surface area contributed by atoms with Gasteiger partial charge in [-0.15, -0.1) is 0 Å². The number of carbonyl (C=O) groups excluding carboxylic acids is 1. The van der Waals surface area contributed by atoms with Gasteiger partial charge in [0.25, 0.3) is 5.91 Å². The van der Waals surface area contributed by atoms with Crippen LogP contribution in [0.4, 0.5) is 0 Å². The van der Waals surface area contributed by atoms with Gasteiger partial charge in [0.1, 0.15) is 6.04 Å². The van der Waals surface area contributed by atoms with Crippen LogP contribution < -0.4 is 11.0 Å². The van der Waals surface area contributed by atoms with Crippen LogP contribution in [0.25, 0.3) is 5.65 Å². The number of aliphatic carboxylic acids is 1. The van der Waals surface area contributed by atoms with Crippen molar-refractivity contribution in [2.75, 3.05) is 0 Å². The predicted octanol–water partition coefficient (Wildman–Crippen LogP) is -0.138. The number of aromatic nitrogens is 3. The summed E-state index contributed by atoms with van der Waals surface area (Å²) in [6, 6.07) is 1.99. The summed E-state index contributed by atoms with van der Waals surface area (Å²) in [7, 11) is 0. The summed E-state index contributed by atoms with van der Waals surface area (Å²) in [5.74, 6) is -1.96. The van der Waals surface area contributed by atoms with Crippen molar-refractivity contribution in [1.82, 2.24) is 19.9 Å². The van der Waals surface area contributed by atoms with Crippen molar-refractivity contribution in [2.45, 2.75) is 19.9 Å². The highest BCUT2D eigenvalue weighted by Crippen LogP contribution is 2.08. The van der Waals surface area contributed by atoms with Gasteiger partial charge in [0.15, 0.2) is 5.65 Å². The summed E-state index contributed by atoms with van der Waals surface area (Å²) >= 11 is 0. The van der Waals surface area contributed by atoms with E-state index in [9.17, 15) is 14.4 Å². The normalized spacial score (nSPS) is 12.6. The maximum atomic E-state index is 12.1. The van der Waals surface area contributed by atoms with E-state index in [1.165, 1.54) is 22.7 Å². The van der Waals surface area contributed by atoms with Crippen LogP contribution in [0.5, 0.6) is 0 Å². The fourth-order valence-corrected chi connectivity index (χ4v) is 1.84. The van der Waals surface area contributed by atoms with E-state index in [0.29, 0.717) is 0 Å². The molecular formula is C12H14N4O4. The van der Waals surface area contributed by atoms with Crippen molar-refractivity contribution < 1.29 is 14.7 Å². The maximum Gasteiger partial charge on any atom is 0.347 e. The number of H-pyrrole nitrogens is 1. The first kappa shape index (κ1) is 13.8. The van der Waals surface area contributed by atoms with Crippen molar-refractivity contribution in [3.05, 3.63) is 34.4 Å². The molecule has 0 radical (unpaired) electrons. The minimum absolute atomic E-state index is 0.137. The first-order valence-corrected chi connectivity index (χ1v) is 6.01. The maximum absolute atomic E-state index is 12.1. The molecule has 0 spiro atoms. The van der Waals surface area contributed by atoms with Crippen LogP contribution in [0, 0.1) is 5.92 Å². The number of nitrogens with one attached hydrogen (secondary N) is 2. The number of fused-ring (bicyclic) bond motifs is 1. The SMILES string of the molecule is CC(C)[C@H](NC(=O)c1cccn2c(=O)[nH]nc12)C(=O)O. The van der Waals surface area contributed by atoms with Crippen molar-refractivity contribution in [1.29, 1.82) is 0 Å². The topological polar surface area (TPSA) is 117 Å². The molecule has 2 aromatic rings. The zero-order valence-corrected chi connectivity index (χ0v) is 11.0. The third-order valence-electron chi connectivity index (χ3n) is 2.91. The molecule has 0 bridgehead atoms. The molecule has 3 N–H and O–H groups in total. The molecule has 0 aliphatic heterocycles. The monoisotopic (exact) mass is 278 g/mol. The number of carboxylic acid groups (broad SMARTS) is 1. The number of pyridine rings is 1. The van der Waals surface area contributed by atoms with Gasteiger partial charge in [-0.1, -0.05) is 13.8 Å². The Morgan fingerprint density at radius 3 is 2.75 bits per heavy atom. The number of rotatable bonds is 4. The van der Waals surface area contributed by atoms with E-state index in [1.807, 2.05) is 0 Å². The summed E-state index contributed by atoms with van der Waals surface area (Å²) in [4.78, 5) is 34.6. The standard InChI is InChI=1S/C12H14N4O4/c1-6(2)8(11(18)19)13-10(17)7-4-3-5-16-9(7)14-15-12(16)20/h3-6,8H,1-2H3,(H,13,17)(H,15,20)(H,18,19)/t8-/m0/s1. The third kappa shape index (κ3) is 2.40. The van der Waals surface area contributed by atoms with Gasteiger partial charge in [-0.2, -0.15) is 5.10 Å². The number of hydrogen-bond acceptors (Lipinski definition) is 4. The zero-order valence-electron chi connectivity index (χ0n) is 11.0. The second kappa shape index (κ2) is 5.16. The molecule has 20 heavy (non-hydrogen) atoms. The largest absolute Gasteiger partial charge is 0.480 e. The Kier molecular flexibility index (Phi) is 3.55. The molecule has 1 atom stereocenters. The number of aromatic amines is 1. The molecule has 0 aromatic carbocycles. The van der Waals surface area contributed by atoms with Crippen LogP contribution in [0.3, 0.4) is 0 Å². The number of hydrogen-bond donors (Lipinski definition) is 3. The molecule has 2 rings (SSSR count). The van der Waals surface area contributed by atoms with Crippen molar-refractivity contribution in [3.8, 4) is 0 Å². The summed E-state index contributed by atoms with van der Waals surface area (Å²) in [6.45, 7) is 3.39. The van der Waals surface area contributed by atoms with Crippen LogP contribution in [0.2, 0.25) is 0 Å². The fourth-order valence-electron chi connectivity index (χ4n) is 1.84. The highest BCUT2D eigenvalue weighted by Gasteiger charge is 2.25. The van der Waals surface area contributed by atoms with Crippen LogP contribution in [0.1, 0.15) is 24.2 Å². The summed E-state index contributed by atoms with van der Waals surface area (Å²) in [5, 5.41) is 17.5. The third-order valence-corrected chi connectivity index (χ3v) is 2.91. The van der Waals surface area contributed by atoms with Crippen LogP contribution in [0.15, 0.2) is 23.1 Å². The lowest BCUT2D eigenvalue weighted by molar-refractivity contribution is -0.140. The highest BCUT2D eigenvalue weighted by atomic mass is 16.4. The lowest BCUT2D eigenvalue weighted by atomic mass is 10.0. The minimum atomic E-state index is -1.11. The van der Waals surface area contributed by atoms with E-state index >= 15 is 0 Å². The quantitative estimate of drug-likeness (QED) is 0.719. The minimum Gasteiger partial charge on any atom is -0.480 e. The first-order chi connectivity index (χ1) is 9.41. The Labute approximate surface area is 113 Å². The Hall–Kier alpha value is -2.64. The van der Waals surface area contributed by atoms with Gasteiger partial charge in [0.05, 0.1) is 5.56 Å². The second-order valence-electron chi connectivity index (χ2n) is 4.68. The second-order valence-corrected chi connectivity index (χ2v) is 4.68. The van der Waals surface area contributed by atoms with Crippen LogP contribution in [-0.2, 0) is 4.79 Å². The van der Waals surface area contributed by atoms with E-state index in [-0.39, 0.29) is 17.1 Å². The van der Waals surface area contributed by atoms with Crippen molar-refractivity contribution in [3.63, 3.8) is 0 Å². The Balaban J connectivity index is 2.37. The van der Waals surface area contributed by atoms with Gasteiger partial charge in [-0.3, -0.25) is 4.79 Å². The average Bonchev–Trinajstić information content (AvgIpc) is 2.77. The molecule has 0 aliphatic carbocycles. The summed E-state index contributed by atoms with van der Waals surface area (Å²) < 4.78 is 1.18. The van der Waals surface area contributed by atoms with Gasteiger partial charge in [-0.05, 0) is 18.1 Å². The molecule has 2 aromatic heterocycles. The lowest BCUT2D eigenvalue weighted by Gasteiger charge is -2.17. The Bertz CT molecular complexity index is 716. The molecule has 0 saturated carbocycles. The lowest BCUT2D eigenvalue weighted by Crippen LogP contribution is -2.44. The Morgan fingerprint density at radius 1 is 1.45 bits per heavy atom. The fraction of sp³-hybridized carbons (Fsp3) is 0.333. The molecule has 1 amide bonds. The number of nitrogens with zero attached hydrogens (tertiary/aromatic N) is 2. The zero-order chi connectivity index (χ0) is 14.9. The van der Waals surface area contributed by atoms with Crippen LogP contribution in [-0.4, -0.2) is 37.6 Å². The van der Waals surface area contributed by atoms with E-state index in [1.54, 1.807) is 13.8 Å². The van der Waals surface area contributed by atoms with Crippen LogP contribution >= 0.6 is 0 Å². The van der Waals surface area contributed by atoms with Gasteiger partial charge < -0.3 is 10.4 Å². The molecule has 8 heteroatoms. The summed E-state index contributed by atoms with van der Waals surface area (Å²) in [5.41, 5.74) is -0.172. The molecule has 0 saturated heterocycles. The smallest absolute Gasteiger partial charge is 0.347 e. The van der Waals surface area contributed by atoms with E-state index < -0.39 is 23.6 Å². The molecule has 0 fully saturated rings. The molecule has 0 aliphatic rings. The van der Waals surface area contributed by atoms with Gasteiger partial charge in [0.2, 0.25) is 0 Å². The average molecular weight is 278 g/mol. The van der Waals surface area contributed by atoms with E-state index in [4.69, 9.17) is 5.11 Å². The molecule has 2 heterocycles. The summed E-state index contributed by atoms with van der Waals surface area (Å²) in [6.07, 6.45) is 1.47. The molecule has 8 nitrogen and oxygen atoms in total. The van der Waals surface area contributed by atoms with Crippen molar-refractivity contribution >= 4 is 17.5 Å². The molecule has 0 unspecified atom stereocenters. The predicted molar refractivity (Wildman–Crippen MR) is 69.5 cm³/mol. The number of amides is 1. The number of carbonyl (C=O) groups is 2. The van der Waals surface area contributed by atoms with Gasteiger partial charge in [0, 0.05) is 6.20 Å². The molecule has 106 valence electrons. The molecular weight excluding hydrogens is 264 g/mol. The highest BCUT2D eigenvalue weighted by molar-refractivity contribution is 6.01. The number of carboxylic acids is 1.